The molecule has 2 heterocycles. The van der Waals surface area contributed by atoms with E-state index in [2.05, 4.69) is 15.2 Å². The van der Waals surface area contributed by atoms with E-state index in [1.165, 1.54) is 12.3 Å². The summed E-state index contributed by atoms with van der Waals surface area (Å²) in [5.74, 6) is -2.81. The summed E-state index contributed by atoms with van der Waals surface area (Å²) >= 11 is 0.292. The third kappa shape index (κ3) is 5.38. The van der Waals surface area contributed by atoms with Gasteiger partial charge in [0.2, 0.25) is 5.91 Å². The monoisotopic (exact) mass is 384 g/mol. The minimum Gasteiger partial charge on any atom is -0.353 e. The lowest BCUT2D eigenvalue weighted by Gasteiger charge is -2.34. The lowest BCUT2D eigenvalue weighted by atomic mass is 10.2. The molecule has 0 radical (unpaired) electrons. The Morgan fingerprint density at radius 2 is 2.00 bits per heavy atom. The van der Waals surface area contributed by atoms with Crippen LogP contribution in [0.4, 0.5) is 8.78 Å². The number of aromatic nitrogens is 1. The molecule has 1 aromatic rings. The second kappa shape index (κ2) is 8.77. The van der Waals surface area contributed by atoms with E-state index >= 15 is 0 Å². The van der Waals surface area contributed by atoms with Crippen LogP contribution in [0.3, 0.4) is 0 Å². The second-order valence-electron chi connectivity index (χ2n) is 6.46. The fourth-order valence-corrected chi connectivity index (χ4v) is 3.44. The minimum atomic E-state index is -2.62. The predicted octanol–water partition coefficient (Wildman–Crippen LogP) is 1.82. The smallest absolute Gasteiger partial charge is 0.290 e. The molecule has 0 atom stereocenters. The standard InChI is InChI=1S/C17H22F2N4O2S/c18-17(19)26-15-13(2-1-6-20-15)16(25)23-10-8-22(9-11-23)7-5-14(24)21-12-3-4-12/h1-2,6,12,17H,3-5,7-11H2,(H,21,24). The van der Waals surface area contributed by atoms with Crippen LogP contribution >= 0.6 is 11.8 Å². The predicted molar refractivity (Wildman–Crippen MR) is 94.2 cm³/mol. The molecule has 6 nitrogen and oxygen atoms in total. The van der Waals surface area contributed by atoms with Crippen LogP contribution in [0, 0.1) is 0 Å². The molecule has 0 bridgehead atoms. The summed E-state index contributed by atoms with van der Waals surface area (Å²) in [6, 6.07) is 3.49. The van der Waals surface area contributed by atoms with Crippen LogP contribution in [0.15, 0.2) is 23.4 Å². The Morgan fingerprint density at radius 3 is 2.65 bits per heavy atom. The van der Waals surface area contributed by atoms with Gasteiger partial charge in [0.05, 0.1) is 5.56 Å². The number of hydrogen-bond acceptors (Lipinski definition) is 5. The van der Waals surface area contributed by atoms with Crippen LogP contribution < -0.4 is 5.32 Å². The molecule has 1 saturated heterocycles. The van der Waals surface area contributed by atoms with Crippen LogP contribution in [0.25, 0.3) is 0 Å². The number of carbonyl (C=O) groups is 2. The van der Waals surface area contributed by atoms with Gasteiger partial charge in [0.25, 0.3) is 11.7 Å². The van der Waals surface area contributed by atoms with Gasteiger partial charge in [-0.2, -0.15) is 8.78 Å². The van der Waals surface area contributed by atoms with Crippen LogP contribution in [-0.4, -0.2) is 71.1 Å². The van der Waals surface area contributed by atoms with E-state index in [-0.39, 0.29) is 22.4 Å². The Morgan fingerprint density at radius 1 is 1.27 bits per heavy atom. The highest BCUT2D eigenvalue weighted by Crippen LogP contribution is 2.27. The number of piperazine rings is 1. The molecular formula is C17H22F2N4O2S. The Kier molecular flexibility index (Phi) is 6.42. The third-order valence-electron chi connectivity index (χ3n) is 4.46. The number of amides is 2. The van der Waals surface area contributed by atoms with Crippen molar-refractivity contribution >= 4 is 23.6 Å². The molecule has 1 saturated carbocycles. The quantitative estimate of drug-likeness (QED) is 0.727. The maximum Gasteiger partial charge on any atom is 0.290 e. The summed E-state index contributed by atoms with van der Waals surface area (Å²) in [6.07, 6.45) is 4.02. The summed E-state index contributed by atoms with van der Waals surface area (Å²) in [5.41, 5.74) is 0.218. The zero-order valence-corrected chi connectivity index (χ0v) is 15.2. The van der Waals surface area contributed by atoms with Gasteiger partial charge in [0.15, 0.2) is 0 Å². The van der Waals surface area contributed by atoms with Gasteiger partial charge in [0.1, 0.15) is 5.03 Å². The Labute approximate surface area is 155 Å². The van der Waals surface area contributed by atoms with Gasteiger partial charge >= 0.3 is 0 Å². The number of nitrogens with one attached hydrogen (secondary N) is 1. The molecule has 26 heavy (non-hydrogen) atoms. The van der Waals surface area contributed by atoms with E-state index in [1.807, 2.05) is 0 Å². The Balaban J connectivity index is 1.48. The molecule has 0 spiro atoms. The van der Waals surface area contributed by atoms with Gasteiger partial charge in [-0.15, -0.1) is 0 Å². The van der Waals surface area contributed by atoms with E-state index in [0.717, 1.165) is 12.8 Å². The Bertz CT molecular complexity index is 649. The molecule has 2 fully saturated rings. The van der Waals surface area contributed by atoms with Crippen molar-refractivity contribution < 1.29 is 18.4 Å². The highest BCUT2D eigenvalue weighted by Gasteiger charge is 2.26. The summed E-state index contributed by atoms with van der Waals surface area (Å²) in [5, 5.41) is 3.02. The number of rotatable bonds is 7. The van der Waals surface area contributed by atoms with E-state index in [4.69, 9.17) is 0 Å². The number of thioether (sulfide) groups is 1. The van der Waals surface area contributed by atoms with Crippen molar-refractivity contribution in [3.63, 3.8) is 0 Å². The molecule has 2 aliphatic rings. The largest absolute Gasteiger partial charge is 0.353 e. The number of nitrogens with zero attached hydrogens (tertiary/aromatic N) is 3. The molecule has 9 heteroatoms. The molecule has 1 N–H and O–H groups in total. The molecule has 1 aromatic heterocycles. The lowest BCUT2D eigenvalue weighted by molar-refractivity contribution is -0.121. The molecule has 0 aromatic carbocycles. The second-order valence-corrected chi connectivity index (χ2v) is 7.44. The number of halogens is 2. The van der Waals surface area contributed by atoms with Gasteiger partial charge in [0, 0.05) is 51.4 Å². The number of hydrogen-bond donors (Lipinski definition) is 1. The average Bonchev–Trinajstić information content (AvgIpc) is 3.44. The van der Waals surface area contributed by atoms with Crippen molar-refractivity contribution in [1.29, 1.82) is 0 Å². The highest BCUT2D eigenvalue weighted by molar-refractivity contribution is 7.99. The number of pyridine rings is 1. The molecule has 2 amide bonds. The van der Waals surface area contributed by atoms with Gasteiger partial charge in [-0.05, 0) is 36.7 Å². The van der Waals surface area contributed by atoms with Gasteiger partial charge in [-0.1, -0.05) is 0 Å². The number of carbonyl (C=O) groups excluding carboxylic acids is 2. The maximum atomic E-state index is 12.6. The van der Waals surface area contributed by atoms with Gasteiger partial charge < -0.3 is 10.2 Å². The summed E-state index contributed by atoms with van der Waals surface area (Å²) in [6.45, 7) is 3.02. The number of alkyl halides is 2. The fraction of sp³-hybridized carbons (Fsp3) is 0.588. The van der Waals surface area contributed by atoms with E-state index in [1.54, 1.807) is 11.0 Å². The van der Waals surface area contributed by atoms with Crippen molar-refractivity contribution in [2.75, 3.05) is 32.7 Å². The average molecular weight is 384 g/mol. The fourth-order valence-electron chi connectivity index (χ4n) is 2.86. The van der Waals surface area contributed by atoms with Gasteiger partial charge in [-0.25, -0.2) is 4.98 Å². The van der Waals surface area contributed by atoms with Crippen molar-refractivity contribution in [3.05, 3.63) is 23.9 Å². The topological polar surface area (TPSA) is 65.5 Å². The van der Waals surface area contributed by atoms with Crippen molar-refractivity contribution in [2.45, 2.75) is 36.1 Å². The zero-order chi connectivity index (χ0) is 18.5. The van der Waals surface area contributed by atoms with Gasteiger partial charge in [-0.3, -0.25) is 14.5 Å². The molecule has 3 rings (SSSR count). The minimum absolute atomic E-state index is 0.0617. The highest BCUT2D eigenvalue weighted by atomic mass is 32.2. The van der Waals surface area contributed by atoms with Crippen molar-refractivity contribution in [1.82, 2.24) is 20.1 Å². The SMILES string of the molecule is O=C(CCN1CCN(C(=O)c2cccnc2SC(F)F)CC1)NC1CC1. The molecule has 1 aliphatic heterocycles. The van der Waals surface area contributed by atoms with Crippen molar-refractivity contribution in [3.8, 4) is 0 Å². The van der Waals surface area contributed by atoms with Crippen LogP contribution in [0.1, 0.15) is 29.6 Å². The molecule has 0 unspecified atom stereocenters. The Hall–Kier alpha value is -1.74. The summed E-state index contributed by atoms with van der Waals surface area (Å²) < 4.78 is 25.3. The first-order valence-corrected chi connectivity index (χ1v) is 9.61. The van der Waals surface area contributed by atoms with Crippen LogP contribution in [-0.2, 0) is 4.79 Å². The lowest BCUT2D eigenvalue weighted by Crippen LogP contribution is -2.49. The van der Waals surface area contributed by atoms with E-state index in [9.17, 15) is 18.4 Å². The first-order valence-electron chi connectivity index (χ1n) is 8.74. The summed E-state index contributed by atoms with van der Waals surface area (Å²) in [4.78, 5) is 32.1. The maximum absolute atomic E-state index is 12.6. The summed E-state index contributed by atoms with van der Waals surface area (Å²) in [7, 11) is 0. The van der Waals surface area contributed by atoms with Crippen molar-refractivity contribution in [2.24, 2.45) is 0 Å². The third-order valence-corrected chi connectivity index (χ3v) is 5.19. The molecule has 1 aliphatic carbocycles. The normalized spacial score (nSPS) is 18.2. The molecule has 142 valence electrons. The molecular weight excluding hydrogens is 362 g/mol. The van der Waals surface area contributed by atoms with E-state index < -0.39 is 5.76 Å². The van der Waals surface area contributed by atoms with E-state index in [0.29, 0.717) is 56.9 Å². The first kappa shape index (κ1) is 19.0. The van der Waals surface area contributed by atoms with Crippen LogP contribution in [0.5, 0.6) is 0 Å². The first-order chi connectivity index (χ1) is 12.5. The zero-order valence-electron chi connectivity index (χ0n) is 14.4. The van der Waals surface area contributed by atoms with Crippen LogP contribution in [0.2, 0.25) is 0 Å².